The monoisotopic (exact) mass is 695 g/mol. The van der Waals surface area contributed by atoms with Crippen LogP contribution < -0.4 is 16.0 Å². The third-order valence-corrected chi connectivity index (χ3v) is 8.04. The zero-order valence-corrected chi connectivity index (χ0v) is 24.8. The molecule has 0 saturated heterocycles. The summed E-state index contributed by atoms with van der Waals surface area (Å²) in [6.07, 6.45) is -5.00. The van der Waals surface area contributed by atoms with Crippen LogP contribution in [0.1, 0.15) is 34.3 Å². The molecule has 0 heterocycles. The second-order valence-electron chi connectivity index (χ2n) is 10.0. The molecule has 6 nitrogen and oxygen atoms in total. The zero-order chi connectivity index (χ0) is 33.6. The Morgan fingerprint density at radius 1 is 0.844 bits per heavy atom. The van der Waals surface area contributed by atoms with Crippen molar-refractivity contribution in [2.75, 3.05) is 16.0 Å². The highest BCUT2D eigenvalue weighted by molar-refractivity contribution is 6.53. The van der Waals surface area contributed by atoms with Gasteiger partial charge in [-0.3, -0.25) is 14.4 Å². The molecule has 3 amide bonds. The van der Waals surface area contributed by atoms with E-state index in [2.05, 4.69) is 17.2 Å². The lowest BCUT2D eigenvalue weighted by molar-refractivity contribution is -0.140. The number of nitrogens with one attached hydrogen (secondary N) is 3. The molecule has 3 aromatic rings. The van der Waals surface area contributed by atoms with Crippen molar-refractivity contribution in [3.8, 4) is 0 Å². The number of halogens is 10. The number of benzene rings is 3. The van der Waals surface area contributed by atoms with Gasteiger partial charge in [0.05, 0.1) is 27.8 Å². The van der Waals surface area contributed by atoms with E-state index < -0.39 is 74.3 Å². The van der Waals surface area contributed by atoms with E-state index in [1.165, 1.54) is 18.2 Å². The van der Waals surface area contributed by atoms with Gasteiger partial charge in [0.15, 0.2) is 0 Å². The van der Waals surface area contributed by atoms with Crippen LogP contribution in [0.15, 0.2) is 66.7 Å². The van der Waals surface area contributed by atoms with E-state index in [-0.39, 0.29) is 27.6 Å². The predicted molar refractivity (Wildman–Crippen MR) is 155 cm³/mol. The Bertz CT molecular complexity index is 1730. The van der Waals surface area contributed by atoms with Gasteiger partial charge in [-0.1, -0.05) is 24.2 Å². The minimum Gasteiger partial charge on any atom is -0.326 e. The van der Waals surface area contributed by atoms with E-state index in [9.17, 15) is 45.1 Å². The largest absolute Gasteiger partial charge is 0.419 e. The smallest absolute Gasteiger partial charge is 0.326 e. The van der Waals surface area contributed by atoms with Crippen molar-refractivity contribution in [3.05, 3.63) is 100 Å². The minimum atomic E-state index is -5.00. The zero-order valence-electron chi connectivity index (χ0n) is 22.6. The van der Waals surface area contributed by atoms with Gasteiger partial charge in [-0.15, -0.1) is 23.2 Å². The lowest BCUT2D eigenvalue weighted by Gasteiger charge is -2.16. The number of alkyl halides is 7. The quantitative estimate of drug-likeness (QED) is 0.125. The summed E-state index contributed by atoms with van der Waals surface area (Å²) in [5, 5.41) is 6.57. The molecule has 1 aliphatic carbocycles. The Kier molecular flexibility index (Phi) is 9.22. The van der Waals surface area contributed by atoms with Crippen molar-refractivity contribution in [2.45, 2.75) is 29.3 Å². The lowest BCUT2D eigenvalue weighted by atomic mass is 10.0. The van der Waals surface area contributed by atoms with Gasteiger partial charge >= 0.3 is 12.1 Å². The van der Waals surface area contributed by atoms with Gasteiger partial charge < -0.3 is 16.0 Å². The third kappa shape index (κ3) is 7.05. The Hall–Kier alpha value is -3.81. The van der Waals surface area contributed by atoms with Gasteiger partial charge in [-0.25, -0.2) is 8.78 Å². The molecule has 3 aromatic carbocycles. The molecule has 1 aliphatic rings. The standard InChI is InChI=1S/C29H19Cl3F7N3O3/c1-12(2)28(35,36)26(45)41-14-4-6-16(20(34)10-14)24(43)42-21-11-15(5-7-18(21)30)40-25(44)23-22(27(23,31)32)13-3-8-19(33)17(9-13)29(37,38)39/h3-11,22-23H,1H2,2H3,(H,40,44)(H,41,45)(H,42,43). The van der Waals surface area contributed by atoms with E-state index in [1.54, 1.807) is 0 Å². The second kappa shape index (κ2) is 12.2. The highest BCUT2D eigenvalue weighted by Crippen LogP contribution is 2.65. The first-order chi connectivity index (χ1) is 20.7. The molecule has 0 bridgehead atoms. The van der Waals surface area contributed by atoms with Crippen molar-refractivity contribution in [1.29, 1.82) is 0 Å². The van der Waals surface area contributed by atoms with Gasteiger partial charge in [0.25, 0.3) is 11.8 Å². The molecule has 0 spiro atoms. The van der Waals surface area contributed by atoms with Crippen LogP contribution in [0.4, 0.5) is 47.8 Å². The maximum absolute atomic E-state index is 14.7. The topological polar surface area (TPSA) is 87.3 Å². The van der Waals surface area contributed by atoms with Crippen LogP contribution >= 0.6 is 34.8 Å². The van der Waals surface area contributed by atoms with E-state index in [4.69, 9.17) is 34.8 Å². The van der Waals surface area contributed by atoms with Crippen LogP contribution in [0, 0.1) is 17.6 Å². The van der Waals surface area contributed by atoms with E-state index in [0.29, 0.717) is 18.2 Å². The van der Waals surface area contributed by atoms with Crippen LogP contribution in [0.25, 0.3) is 0 Å². The van der Waals surface area contributed by atoms with Crippen LogP contribution in [0.5, 0.6) is 0 Å². The summed E-state index contributed by atoms with van der Waals surface area (Å²) in [7, 11) is 0. The molecule has 45 heavy (non-hydrogen) atoms. The molecule has 1 saturated carbocycles. The molecule has 0 aliphatic heterocycles. The Morgan fingerprint density at radius 3 is 2.07 bits per heavy atom. The van der Waals surface area contributed by atoms with Crippen molar-refractivity contribution >= 4 is 69.6 Å². The number of rotatable bonds is 8. The summed E-state index contributed by atoms with van der Waals surface area (Å²) >= 11 is 18.6. The summed E-state index contributed by atoms with van der Waals surface area (Å²) in [5.74, 6) is -12.6. The normalized spacial score (nSPS) is 17.3. The first kappa shape index (κ1) is 34.1. The summed E-state index contributed by atoms with van der Waals surface area (Å²) in [6, 6.07) is 8.51. The summed E-state index contributed by atoms with van der Waals surface area (Å²) < 4.78 is 93.8. The van der Waals surface area contributed by atoms with Crippen molar-refractivity contribution in [2.24, 2.45) is 5.92 Å². The number of hydrogen-bond donors (Lipinski definition) is 3. The van der Waals surface area contributed by atoms with Gasteiger partial charge in [-0.2, -0.15) is 22.0 Å². The second-order valence-corrected chi connectivity index (χ2v) is 11.9. The number of amides is 3. The SMILES string of the molecule is C=C(C)C(F)(F)C(=O)Nc1ccc(C(=O)Nc2cc(NC(=O)C3C(c4ccc(F)c(C(F)(F)F)c4)C3(Cl)Cl)ccc2Cl)c(F)c1. The highest BCUT2D eigenvalue weighted by Gasteiger charge is 2.67. The average Bonchev–Trinajstić information content (AvgIpc) is 3.51. The fraction of sp³-hybridized carbons (Fsp3) is 0.207. The molecule has 238 valence electrons. The predicted octanol–water partition coefficient (Wildman–Crippen LogP) is 8.57. The van der Waals surface area contributed by atoms with Crippen molar-refractivity contribution in [3.63, 3.8) is 0 Å². The molecular weight excluding hydrogens is 678 g/mol. The van der Waals surface area contributed by atoms with Crippen LogP contribution in [0.2, 0.25) is 5.02 Å². The number of anilines is 3. The molecule has 0 aromatic heterocycles. The molecule has 4 rings (SSSR count). The van der Waals surface area contributed by atoms with E-state index >= 15 is 0 Å². The number of carbonyl (C=O) groups is 3. The van der Waals surface area contributed by atoms with E-state index in [0.717, 1.165) is 25.1 Å². The molecule has 1 fully saturated rings. The molecule has 2 atom stereocenters. The minimum absolute atomic E-state index is 0.0292. The fourth-order valence-electron chi connectivity index (χ4n) is 4.31. The fourth-order valence-corrected chi connectivity index (χ4v) is 5.30. The molecule has 16 heteroatoms. The maximum Gasteiger partial charge on any atom is 0.419 e. The Balaban J connectivity index is 1.47. The molecular formula is C29H19Cl3F7N3O3. The summed E-state index contributed by atoms with van der Waals surface area (Å²) in [5.41, 5.74) is -3.40. The Labute approximate surface area is 265 Å². The highest BCUT2D eigenvalue weighted by atomic mass is 35.5. The van der Waals surface area contributed by atoms with Gasteiger partial charge in [0, 0.05) is 17.3 Å². The van der Waals surface area contributed by atoms with Crippen molar-refractivity contribution in [1.82, 2.24) is 0 Å². The van der Waals surface area contributed by atoms with Gasteiger partial charge in [-0.05, 0) is 66.6 Å². The lowest BCUT2D eigenvalue weighted by Crippen LogP contribution is -2.35. The third-order valence-electron chi connectivity index (χ3n) is 6.77. The number of hydrogen-bond acceptors (Lipinski definition) is 3. The first-order valence-corrected chi connectivity index (χ1v) is 13.7. The molecule has 0 radical (unpaired) electrons. The number of carbonyl (C=O) groups excluding carboxylic acids is 3. The van der Waals surface area contributed by atoms with Crippen LogP contribution in [-0.2, 0) is 15.8 Å². The molecule has 3 N–H and O–H groups in total. The molecule has 2 unspecified atom stereocenters. The first-order valence-electron chi connectivity index (χ1n) is 12.6. The van der Waals surface area contributed by atoms with Gasteiger partial charge in [0.2, 0.25) is 5.91 Å². The van der Waals surface area contributed by atoms with Crippen LogP contribution in [0.3, 0.4) is 0 Å². The van der Waals surface area contributed by atoms with Crippen LogP contribution in [-0.4, -0.2) is 28.0 Å². The van der Waals surface area contributed by atoms with E-state index in [1.807, 2.05) is 5.32 Å². The Morgan fingerprint density at radius 2 is 1.47 bits per heavy atom. The summed E-state index contributed by atoms with van der Waals surface area (Å²) in [4.78, 5) is 37.5. The van der Waals surface area contributed by atoms with Crippen molar-refractivity contribution < 1.29 is 45.1 Å². The average molecular weight is 697 g/mol. The maximum atomic E-state index is 14.7. The van der Waals surface area contributed by atoms with Gasteiger partial charge in [0.1, 0.15) is 16.0 Å². The summed E-state index contributed by atoms with van der Waals surface area (Å²) in [6.45, 7) is 3.97.